The maximum absolute atomic E-state index is 12.4. The van der Waals surface area contributed by atoms with Crippen LogP contribution in [0.15, 0.2) is 59.5 Å². The van der Waals surface area contributed by atoms with Crippen LogP contribution in [0.25, 0.3) is 10.8 Å². The molecule has 11 nitrogen and oxygen atoms in total. The van der Waals surface area contributed by atoms with E-state index in [0.29, 0.717) is 50.3 Å². The predicted octanol–water partition coefficient (Wildman–Crippen LogP) is 2.04. The van der Waals surface area contributed by atoms with E-state index in [0.717, 1.165) is 23.8 Å². The number of nitrogens with zero attached hydrogens (tertiary/aromatic N) is 2. The lowest BCUT2D eigenvalue weighted by molar-refractivity contribution is -0.150. The highest BCUT2D eigenvalue weighted by Gasteiger charge is 2.17. The van der Waals surface area contributed by atoms with Gasteiger partial charge in [-0.15, -0.1) is 0 Å². The van der Waals surface area contributed by atoms with E-state index in [1.807, 2.05) is 30.3 Å². The lowest BCUT2D eigenvalue weighted by atomic mass is 10.1. The number of benzene rings is 2. The highest BCUT2D eigenvalue weighted by molar-refractivity contribution is 5.80. The smallest absolute Gasteiger partial charge is 0.333 e. The van der Waals surface area contributed by atoms with Gasteiger partial charge in [0.15, 0.2) is 6.10 Å². The lowest BCUT2D eigenvalue weighted by Gasteiger charge is -2.13. The fourth-order valence-electron chi connectivity index (χ4n) is 3.52. The van der Waals surface area contributed by atoms with Gasteiger partial charge in [-0.3, -0.25) is 9.59 Å². The zero-order valence-electron chi connectivity index (χ0n) is 21.5. The van der Waals surface area contributed by atoms with Crippen LogP contribution in [0.2, 0.25) is 0 Å². The van der Waals surface area contributed by atoms with Crippen LogP contribution in [-0.4, -0.2) is 63.8 Å². The van der Waals surface area contributed by atoms with Crippen LogP contribution in [-0.2, 0) is 27.3 Å². The molecule has 1 aromatic heterocycles. The summed E-state index contributed by atoms with van der Waals surface area (Å²) in [6.45, 7) is 3.34. The summed E-state index contributed by atoms with van der Waals surface area (Å²) < 4.78 is 12.3. The third-order valence-electron chi connectivity index (χ3n) is 5.61. The van der Waals surface area contributed by atoms with Crippen LogP contribution >= 0.6 is 0 Å². The Labute approximate surface area is 221 Å². The molecule has 3 aromatic rings. The highest BCUT2D eigenvalue weighted by atomic mass is 16.5. The van der Waals surface area contributed by atoms with E-state index in [-0.39, 0.29) is 5.56 Å². The third-order valence-corrected chi connectivity index (χ3v) is 5.61. The van der Waals surface area contributed by atoms with Crippen LogP contribution in [0.4, 0.5) is 0 Å². The first-order chi connectivity index (χ1) is 18.3. The molecule has 0 bridgehead atoms. The fourth-order valence-corrected chi connectivity index (χ4v) is 3.52. The Hall–Kier alpha value is -3.80. The summed E-state index contributed by atoms with van der Waals surface area (Å²) in [7, 11) is 0. The van der Waals surface area contributed by atoms with Gasteiger partial charge in [-0.2, -0.15) is 5.10 Å². The maximum Gasteiger partial charge on any atom is 0.333 e. The second kappa shape index (κ2) is 16.1. The number of ether oxygens (including phenoxy) is 2. The number of carbonyl (C=O) groups is 2. The van der Waals surface area contributed by atoms with E-state index in [2.05, 4.69) is 5.10 Å². The third kappa shape index (κ3) is 9.92. The summed E-state index contributed by atoms with van der Waals surface area (Å²) in [5, 5.41) is 23.1. The minimum atomic E-state index is -0.976. The number of fused-ring (bicyclic) bond motifs is 1. The molecule has 0 saturated carbocycles. The summed E-state index contributed by atoms with van der Waals surface area (Å²) in [5.41, 5.74) is 11.1. The largest absolute Gasteiger partial charge is 0.492 e. The summed E-state index contributed by atoms with van der Waals surface area (Å²) in [4.78, 5) is 33.7. The molecular formula is C27H36N4O7. The summed E-state index contributed by atoms with van der Waals surface area (Å²) in [5.74, 6) is -1.27. The zero-order chi connectivity index (χ0) is 27.9. The molecular weight excluding hydrogens is 492 g/mol. The lowest BCUT2D eigenvalue weighted by Crippen LogP contribution is -2.29. The Morgan fingerprint density at radius 3 is 2.39 bits per heavy atom. The minimum absolute atomic E-state index is 0.146. The molecule has 0 fully saturated rings. The van der Waals surface area contributed by atoms with Crippen molar-refractivity contribution >= 4 is 22.7 Å². The quantitative estimate of drug-likeness (QED) is 0.226. The maximum atomic E-state index is 12.4. The molecule has 1 unspecified atom stereocenters. The van der Waals surface area contributed by atoms with Crippen molar-refractivity contribution in [2.24, 2.45) is 11.5 Å². The average molecular weight is 529 g/mol. The molecule has 38 heavy (non-hydrogen) atoms. The average Bonchev–Trinajstić information content (AvgIpc) is 2.91. The number of nitrogens with two attached hydrogens (primary N) is 2. The normalized spacial score (nSPS) is 12.3. The molecule has 3 rings (SSSR count). The Balaban J connectivity index is 0.000000432. The summed E-state index contributed by atoms with van der Waals surface area (Å²) >= 11 is 0. The Bertz CT molecular complexity index is 1210. The fraction of sp³-hybridized carbons (Fsp3) is 0.407. The van der Waals surface area contributed by atoms with Crippen molar-refractivity contribution in [3.8, 4) is 5.75 Å². The van der Waals surface area contributed by atoms with E-state index in [9.17, 15) is 14.4 Å². The molecule has 0 amide bonds. The van der Waals surface area contributed by atoms with E-state index < -0.39 is 24.1 Å². The van der Waals surface area contributed by atoms with E-state index >= 15 is 0 Å². The first kappa shape index (κ1) is 30.4. The molecule has 6 N–H and O–H groups in total. The van der Waals surface area contributed by atoms with Gasteiger partial charge in [0.05, 0.1) is 18.1 Å². The number of aromatic nitrogens is 2. The van der Waals surface area contributed by atoms with Crippen molar-refractivity contribution < 1.29 is 29.3 Å². The van der Waals surface area contributed by atoms with Crippen molar-refractivity contribution in [3.05, 3.63) is 70.6 Å². The molecule has 1 heterocycles. The SMILES string of the molecule is CCOC(Cc1ccc(OCCn2ncc3ccccc3c2=O)cc1)C(=O)O.NCCCC[C@H](N)C(=O)O. The van der Waals surface area contributed by atoms with Crippen LogP contribution in [0.3, 0.4) is 0 Å². The van der Waals surface area contributed by atoms with Crippen LogP contribution in [0, 0.1) is 0 Å². The minimum Gasteiger partial charge on any atom is -0.492 e. The van der Waals surface area contributed by atoms with Crippen LogP contribution in [0.1, 0.15) is 31.7 Å². The molecule has 0 saturated heterocycles. The molecule has 0 spiro atoms. The van der Waals surface area contributed by atoms with Gasteiger partial charge in [-0.25, -0.2) is 9.48 Å². The van der Waals surface area contributed by atoms with Gasteiger partial charge in [0.25, 0.3) is 5.56 Å². The van der Waals surface area contributed by atoms with Gasteiger partial charge in [0, 0.05) is 18.4 Å². The molecule has 11 heteroatoms. The number of carboxylic acid groups (broad SMARTS) is 2. The number of unbranched alkanes of at least 4 members (excludes halogenated alkanes) is 1. The van der Waals surface area contributed by atoms with Gasteiger partial charge >= 0.3 is 11.9 Å². The molecule has 0 aliphatic carbocycles. The first-order valence-electron chi connectivity index (χ1n) is 12.5. The molecule has 2 aromatic carbocycles. The molecule has 2 atom stereocenters. The second-order valence-corrected chi connectivity index (χ2v) is 8.47. The van der Waals surface area contributed by atoms with Crippen molar-refractivity contribution in [1.29, 1.82) is 0 Å². The van der Waals surface area contributed by atoms with Crippen LogP contribution in [0.5, 0.6) is 5.75 Å². The van der Waals surface area contributed by atoms with Crippen molar-refractivity contribution in [2.75, 3.05) is 19.8 Å². The second-order valence-electron chi connectivity index (χ2n) is 8.47. The molecule has 206 valence electrons. The number of rotatable bonds is 14. The first-order valence-corrected chi connectivity index (χ1v) is 12.5. The predicted molar refractivity (Wildman–Crippen MR) is 143 cm³/mol. The van der Waals surface area contributed by atoms with E-state index in [1.54, 1.807) is 31.3 Å². The van der Waals surface area contributed by atoms with Crippen LogP contribution < -0.4 is 21.8 Å². The Morgan fingerprint density at radius 1 is 1.05 bits per heavy atom. The topological polar surface area (TPSA) is 180 Å². The summed E-state index contributed by atoms with van der Waals surface area (Å²) in [6.07, 6.45) is 3.27. The Kier molecular flexibility index (Phi) is 12.9. The van der Waals surface area contributed by atoms with Gasteiger partial charge in [-0.05, 0) is 50.1 Å². The van der Waals surface area contributed by atoms with Gasteiger partial charge in [0.2, 0.25) is 0 Å². The molecule has 0 aliphatic rings. The molecule has 0 aliphatic heterocycles. The zero-order valence-corrected chi connectivity index (χ0v) is 21.5. The number of aliphatic carboxylic acids is 2. The van der Waals surface area contributed by atoms with Crippen molar-refractivity contribution in [2.45, 2.75) is 51.3 Å². The number of hydrogen-bond acceptors (Lipinski definition) is 8. The van der Waals surface area contributed by atoms with Gasteiger partial charge in [-0.1, -0.05) is 36.8 Å². The van der Waals surface area contributed by atoms with Gasteiger partial charge < -0.3 is 31.2 Å². The van der Waals surface area contributed by atoms with E-state index in [1.165, 1.54) is 4.68 Å². The molecule has 0 radical (unpaired) electrons. The Morgan fingerprint density at radius 2 is 1.76 bits per heavy atom. The van der Waals surface area contributed by atoms with Crippen molar-refractivity contribution in [3.63, 3.8) is 0 Å². The standard InChI is InChI=1S/C21H22N2O5.C6H14N2O2/c1-2-27-19(21(25)26)13-15-7-9-17(10-8-15)28-12-11-23-20(24)18-6-4-3-5-16(18)14-22-23;7-4-2-1-3-5(8)6(9)10/h3-10,14,19H,2,11-13H2,1H3,(H,25,26);5H,1-4,7-8H2,(H,9,10)/t;5-/m.0/s1. The highest BCUT2D eigenvalue weighted by Crippen LogP contribution is 2.15. The monoisotopic (exact) mass is 528 g/mol. The summed E-state index contributed by atoms with van der Waals surface area (Å²) in [6, 6.07) is 13.8. The van der Waals surface area contributed by atoms with Crippen molar-refractivity contribution in [1.82, 2.24) is 9.78 Å². The van der Waals surface area contributed by atoms with E-state index in [4.69, 9.17) is 31.2 Å². The number of hydrogen-bond donors (Lipinski definition) is 4. The van der Waals surface area contributed by atoms with Gasteiger partial charge in [0.1, 0.15) is 18.4 Å². The number of carboxylic acids is 2.